The molecular weight excluding hydrogens is 354 g/mol. The summed E-state index contributed by atoms with van der Waals surface area (Å²) in [4.78, 5) is 14.4. The fourth-order valence-corrected chi connectivity index (χ4v) is 4.49. The van der Waals surface area contributed by atoms with E-state index < -0.39 is 21.8 Å². The molecule has 7 heteroatoms. The van der Waals surface area contributed by atoms with Crippen LogP contribution < -0.4 is 0 Å². The molecular formula is C19H27NO5S. The molecule has 3 rings (SSSR count). The second-order valence-electron chi connectivity index (χ2n) is 8.33. The Labute approximate surface area is 155 Å². The molecule has 26 heavy (non-hydrogen) atoms. The minimum atomic E-state index is -3.80. The largest absolute Gasteiger partial charge is 0.444 e. The van der Waals surface area contributed by atoms with Crippen LogP contribution in [0, 0.1) is 6.92 Å². The van der Waals surface area contributed by atoms with Crippen molar-refractivity contribution in [2.45, 2.75) is 75.5 Å². The van der Waals surface area contributed by atoms with E-state index in [1.54, 1.807) is 29.2 Å². The Morgan fingerprint density at radius 3 is 2.35 bits per heavy atom. The summed E-state index contributed by atoms with van der Waals surface area (Å²) in [6, 6.07) is 6.63. The highest BCUT2D eigenvalue weighted by atomic mass is 32.2. The van der Waals surface area contributed by atoms with Gasteiger partial charge in [0.25, 0.3) is 10.1 Å². The Kier molecular flexibility index (Phi) is 4.82. The average molecular weight is 381 g/mol. The number of likely N-dealkylation sites (tertiary alicyclic amines) is 1. The molecule has 1 amide bonds. The molecule has 0 radical (unpaired) electrons. The lowest BCUT2D eigenvalue weighted by Crippen LogP contribution is -2.51. The first kappa shape index (κ1) is 19.2. The van der Waals surface area contributed by atoms with Crippen molar-refractivity contribution in [1.82, 2.24) is 4.90 Å². The minimum Gasteiger partial charge on any atom is -0.444 e. The van der Waals surface area contributed by atoms with Gasteiger partial charge < -0.3 is 9.64 Å². The number of hydrogen-bond donors (Lipinski definition) is 0. The fourth-order valence-electron chi connectivity index (χ4n) is 3.39. The molecule has 144 valence electrons. The highest BCUT2D eigenvalue weighted by molar-refractivity contribution is 7.86. The lowest BCUT2D eigenvalue weighted by atomic mass is 9.98. The first-order valence-corrected chi connectivity index (χ1v) is 10.4. The zero-order valence-corrected chi connectivity index (χ0v) is 16.6. The molecule has 1 saturated heterocycles. The zero-order valence-electron chi connectivity index (χ0n) is 15.8. The smallest absolute Gasteiger partial charge is 0.410 e. The fraction of sp³-hybridized carbons (Fsp3) is 0.632. The molecule has 2 fully saturated rings. The van der Waals surface area contributed by atoms with E-state index in [2.05, 4.69) is 0 Å². The van der Waals surface area contributed by atoms with Crippen LogP contribution in [0.2, 0.25) is 0 Å². The summed E-state index contributed by atoms with van der Waals surface area (Å²) >= 11 is 0. The number of hydrogen-bond acceptors (Lipinski definition) is 5. The van der Waals surface area contributed by atoms with Crippen LogP contribution in [0.4, 0.5) is 4.79 Å². The first-order chi connectivity index (χ1) is 12.0. The summed E-state index contributed by atoms with van der Waals surface area (Å²) in [6.45, 7) is 7.88. The lowest BCUT2D eigenvalue weighted by Gasteiger charge is -2.40. The van der Waals surface area contributed by atoms with Gasteiger partial charge >= 0.3 is 6.09 Å². The van der Waals surface area contributed by atoms with Crippen molar-refractivity contribution in [2.24, 2.45) is 0 Å². The zero-order chi connectivity index (χ0) is 19.2. The van der Waals surface area contributed by atoms with Crippen molar-refractivity contribution in [3.8, 4) is 0 Å². The molecule has 1 atom stereocenters. The Morgan fingerprint density at radius 1 is 1.19 bits per heavy atom. The third kappa shape index (κ3) is 4.20. The first-order valence-electron chi connectivity index (χ1n) is 9.01. The maximum Gasteiger partial charge on any atom is 0.410 e. The third-order valence-electron chi connectivity index (χ3n) is 4.87. The Bertz CT molecular complexity index is 775. The highest BCUT2D eigenvalue weighted by Gasteiger charge is 2.55. The van der Waals surface area contributed by atoms with Gasteiger partial charge in [0.1, 0.15) is 5.60 Å². The molecule has 1 aromatic rings. The number of benzene rings is 1. The van der Waals surface area contributed by atoms with Crippen molar-refractivity contribution in [1.29, 1.82) is 0 Å². The van der Waals surface area contributed by atoms with Gasteiger partial charge in [-0.1, -0.05) is 17.7 Å². The second-order valence-corrected chi connectivity index (χ2v) is 9.91. The third-order valence-corrected chi connectivity index (χ3v) is 6.24. The predicted octanol–water partition coefficient (Wildman–Crippen LogP) is 3.63. The maximum atomic E-state index is 12.5. The number of amides is 1. The minimum absolute atomic E-state index is 0.169. The van der Waals surface area contributed by atoms with E-state index in [0.717, 1.165) is 18.4 Å². The van der Waals surface area contributed by atoms with Gasteiger partial charge in [-0.15, -0.1) is 0 Å². The Hall–Kier alpha value is -1.60. The van der Waals surface area contributed by atoms with Gasteiger partial charge in [-0.2, -0.15) is 8.42 Å². The van der Waals surface area contributed by atoms with E-state index in [9.17, 15) is 13.2 Å². The SMILES string of the molecule is Cc1ccc(S(=O)(=O)OC2CCN(C(=O)OC(C)(C)C)C3(CC3)C2)cc1. The van der Waals surface area contributed by atoms with Crippen molar-refractivity contribution in [2.75, 3.05) is 6.54 Å². The number of nitrogens with zero attached hydrogens (tertiary/aromatic N) is 1. The van der Waals surface area contributed by atoms with Crippen molar-refractivity contribution >= 4 is 16.2 Å². The van der Waals surface area contributed by atoms with Gasteiger partial charge in [-0.3, -0.25) is 4.18 Å². The van der Waals surface area contributed by atoms with Crippen LogP contribution in [-0.4, -0.2) is 43.2 Å². The maximum absolute atomic E-state index is 12.5. The standard InChI is InChI=1S/C19H27NO5S/c1-14-5-7-16(8-6-14)26(22,23)25-15-9-12-20(19(13-15)10-11-19)17(21)24-18(2,3)4/h5-8,15H,9-13H2,1-4H3. The summed E-state index contributed by atoms with van der Waals surface area (Å²) in [7, 11) is -3.80. The predicted molar refractivity (Wildman–Crippen MR) is 97.4 cm³/mol. The topological polar surface area (TPSA) is 72.9 Å². The van der Waals surface area contributed by atoms with Crippen LogP contribution in [0.25, 0.3) is 0 Å². The number of rotatable bonds is 3. The normalized spacial score (nSPS) is 22.3. The molecule has 0 bridgehead atoms. The molecule has 1 aliphatic heterocycles. The summed E-state index contributed by atoms with van der Waals surface area (Å²) in [5, 5.41) is 0. The van der Waals surface area contributed by atoms with Crippen molar-refractivity contribution < 1.29 is 22.1 Å². The lowest BCUT2D eigenvalue weighted by molar-refractivity contribution is -0.00882. The molecule has 1 unspecified atom stereocenters. The molecule has 1 spiro atoms. The number of ether oxygens (including phenoxy) is 1. The van der Waals surface area contributed by atoms with E-state index in [1.165, 1.54) is 0 Å². The van der Waals surface area contributed by atoms with Crippen LogP contribution in [0.5, 0.6) is 0 Å². The number of aryl methyl sites for hydroxylation is 1. The second kappa shape index (κ2) is 6.53. The van der Waals surface area contributed by atoms with E-state index in [0.29, 0.717) is 19.4 Å². The molecule has 0 N–H and O–H groups in total. The van der Waals surface area contributed by atoms with Crippen LogP contribution in [-0.2, 0) is 19.0 Å². The van der Waals surface area contributed by atoms with Gasteiger partial charge in [0, 0.05) is 12.1 Å². The molecule has 6 nitrogen and oxygen atoms in total. The van der Waals surface area contributed by atoms with E-state index in [1.807, 2.05) is 27.7 Å². The van der Waals surface area contributed by atoms with E-state index in [-0.39, 0.29) is 16.5 Å². The summed E-state index contributed by atoms with van der Waals surface area (Å²) in [6.07, 6.45) is 1.98. The number of carbonyl (C=O) groups excluding carboxylic acids is 1. The van der Waals surface area contributed by atoms with Crippen LogP contribution in [0.3, 0.4) is 0 Å². The summed E-state index contributed by atoms with van der Waals surface area (Å²) < 4.78 is 36.0. The number of piperidine rings is 1. The molecule has 2 aliphatic rings. The van der Waals surface area contributed by atoms with Crippen molar-refractivity contribution in [3.63, 3.8) is 0 Å². The van der Waals surface area contributed by atoms with Crippen LogP contribution >= 0.6 is 0 Å². The van der Waals surface area contributed by atoms with Gasteiger partial charge in [-0.25, -0.2) is 4.79 Å². The van der Waals surface area contributed by atoms with Gasteiger partial charge in [0.05, 0.1) is 11.0 Å². The number of carbonyl (C=O) groups is 1. The summed E-state index contributed by atoms with van der Waals surface area (Å²) in [5.74, 6) is 0. The van der Waals surface area contributed by atoms with Gasteiger partial charge in [0.2, 0.25) is 0 Å². The highest BCUT2D eigenvalue weighted by Crippen LogP contribution is 2.49. The Balaban J connectivity index is 1.67. The monoisotopic (exact) mass is 381 g/mol. The molecule has 0 aromatic heterocycles. The molecule has 1 saturated carbocycles. The van der Waals surface area contributed by atoms with Crippen molar-refractivity contribution in [3.05, 3.63) is 29.8 Å². The van der Waals surface area contributed by atoms with E-state index >= 15 is 0 Å². The van der Waals surface area contributed by atoms with E-state index in [4.69, 9.17) is 8.92 Å². The molecule has 1 heterocycles. The van der Waals surface area contributed by atoms with Gasteiger partial charge in [0.15, 0.2) is 0 Å². The summed E-state index contributed by atoms with van der Waals surface area (Å²) in [5.41, 5.74) is 0.134. The Morgan fingerprint density at radius 2 is 1.81 bits per heavy atom. The van der Waals surface area contributed by atoms with Crippen LogP contribution in [0.15, 0.2) is 29.2 Å². The molecule has 1 aromatic carbocycles. The van der Waals surface area contributed by atoms with Gasteiger partial charge in [-0.05, 0) is 65.5 Å². The van der Waals surface area contributed by atoms with Crippen LogP contribution in [0.1, 0.15) is 52.0 Å². The average Bonchev–Trinajstić information content (AvgIpc) is 3.25. The molecule has 1 aliphatic carbocycles. The quantitative estimate of drug-likeness (QED) is 0.748.